The molecule has 1 aliphatic rings. The van der Waals surface area contributed by atoms with Gasteiger partial charge in [0.1, 0.15) is 12.4 Å². The normalized spacial score (nSPS) is 18.0. The summed E-state index contributed by atoms with van der Waals surface area (Å²) in [5.41, 5.74) is 1.41. The van der Waals surface area contributed by atoms with E-state index in [-0.39, 0.29) is 30.2 Å². The van der Waals surface area contributed by atoms with E-state index < -0.39 is 31.6 Å². The quantitative estimate of drug-likeness (QED) is 0.424. The number of rotatable bonds is 7. The molecule has 4 rings (SSSR count). The number of anilines is 1. The third-order valence-corrected chi connectivity index (χ3v) is 5.35. The van der Waals surface area contributed by atoms with Crippen molar-refractivity contribution in [2.45, 2.75) is 18.4 Å². The number of aliphatic hydroxyl groups excluding tert-OH is 1. The van der Waals surface area contributed by atoms with Crippen LogP contribution in [0.2, 0.25) is 0 Å². The lowest BCUT2D eigenvalue weighted by molar-refractivity contribution is -0.133. The Balaban J connectivity index is 1.44. The minimum absolute atomic E-state index is 0.000832. The molecule has 1 saturated heterocycles. The van der Waals surface area contributed by atoms with Gasteiger partial charge in [-0.15, -0.1) is 5.10 Å². The Morgan fingerprint density at radius 3 is 2.79 bits per heavy atom. The molecule has 0 saturated carbocycles. The van der Waals surface area contributed by atoms with Gasteiger partial charge in [-0.25, -0.2) is 18.6 Å². The van der Waals surface area contributed by atoms with Crippen molar-refractivity contribution in [1.29, 1.82) is 0 Å². The van der Waals surface area contributed by atoms with E-state index in [0.717, 1.165) is 5.56 Å². The number of H-pyrrole nitrogens is 1. The van der Waals surface area contributed by atoms with Gasteiger partial charge in [-0.2, -0.15) is 0 Å². The topological polar surface area (TPSA) is 132 Å². The zero-order valence-electron chi connectivity index (χ0n) is 17.4. The molecule has 0 radical (unpaired) electrons. The van der Waals surface area contributed by atoms with Crippen LogP contribution in [0.3, 0.4) is 0 Å². The molecule has 3 heterocycles. The number of likely N-dealkylation sites (tertiary alicyclic amines) is 1. The third-order valence-electron chi connectivity index (χ3n) is 5.35. The largest absolute Gasteiger partial charge is 0.470 e. The van der Waals surface area contributed by atoms with Gasteiger partial charge in [0.05, 0.1) is 16.9 Å². The van der Waals surface area contributed by atoms with Crippen molar-refractivity contribution >= 4 is 28.7 Å². The predicted octanol–water partition coefficient (Wildman–Crippen LogP) is 1.71. The summed E-state index contributed by atoms with van der Waals surface area (Å²) >= 11 is 0. The van der Waals surface area contributed by atoms with E-state index in [1.165, 1.54) is 17.2 Å². The third kappa shape index (κ3) is 5.17. The highest BCUT2D eigenvalue weighted by molar-refractivity contribution is 5.92. The SMILES string of the molecule is O=C(Nc1cc2[nH]nc(OCC(F)F)c2cn1)N[C@H]1CN(C(=O)CO)C[C@@H]1c1ccccc1. The molecule has 174 valence electrons. The number of halogens is 2. The monoisotopic (exact) mass is 460 g/mol. The lowest BCUT2D eigenvalue weighted by Gasteiger charge is -2.20. The number of aliphatic hydroxyl groups is 1. The summed E-state index contributed by atoms with van der Waals surface area (Å²) in [5, 5.41) is 21.6. The lowest BCUT2D eigenvalue weighted by atomic mass is 9.94. The standard InChI is InChI=1S/C21H22F2N6O4/c22-17(23)11-33-20-13-7-24-18(6-15(13)27-28-20)26-21(32)25-16-9-29(19(31)10-30)8-14(16)12-4-2-1-3-5-12/h1-7,14,16-17,30H,8-11H2,(H,27,28)(H2,24,25,26,32)/t14-,16+/m1/s1. The fourth-order valence-corrected chi connectivity index (χ4v) is 3.82. The van der Waals surface area contributed by atoms with Crippen LogP contribution >= 0.6 is 0 Å². The highest BCUT2D eigenvalue weighted by Crippen LogP contribution is 2.28. The zero-order valence-corrected chi connectivity index (χ0v) is 17.4. The number of carbonyl (C=O) groups excluding carboxylic acids is 2. The van der Waals surface area contributed by atoms with Gasteiger partial charge >= 0.3 is 6.03 Å². The van der Waals surface area contributed by atoms with E-state index in [1.54, 1.807) is 0 Å². The summed E-state index contributed by atoms with van der Waals surface area (Å²) in [7, 11) is 0. The van der Waals surface area contributed by atoms with E-state index >= 15 is 0 Å². The van der Waals surface area contributed by atoms with E-state index in [0.29, 0.717) is 17.4 Å². The number of hydrogen-bond acceptors (Lipinski definition) is 6. The minimum atomic E-state index is -2.63. The highest BCUT2D eigenvalue weighted by Gasteiger charge is 2.36. The first-order chi connectivity index (χ1) is 15.9. The minimum Gasteiger partial charge on any atom is -0.470 e. The van der Waals surface area contributed by atoms with Crippen LogP contribution in [0.25, 0.3) is 10.9 Å². The van der Waals surface area contributed by atoms with Crippen LogP contribution in [0.1, 0.15) is 11.5 Å². The van der Waals surface area contributed by atoms with Crippen LogP contribution in [0.15, 0.2) is 42.6 Å². The van der Waals surface area contributed by atoms with Crippen molar-refractivity contribution in [3.8, 4) is 5.88 Å². The van der Waals surface area contributed by atoms with Gasteiger partial charge in [-0.05, 0) is 5.56 Å². The van der Waals surface area contributed by atoms with Crippen LogP contribution in [0.5, 0.6) is 5.88 Å². The van der Waals surface area contributed by atoms with Crippen LogP contribution in [0, 0.1) is 0 Å². The number of hydrogen-bond donors (Lipinski definition) is 4. The molecule has 1 aliphatic heterocycles. The fourth-order valence-electron chi connectivity index (χ4n) is 3.82. The van der Waals surface area contributed by atoms with Crippen LogP contribution in [-0.2, 0) is 4.79 Å². The van der Waals surface area contributed by atoms with Gasteiger partial charge in [0.2, 0.25) is 11.8 Å². The van der Waals surface area contributed by atoms with Gasteiger partial charge in [-0.1, -0.05) is 30.3 Å². The molecule has 33 heavy (non-hydrogen) atoms. The number of nitrogens with zero attached hydrogens (tertiary/aromatic N) is 3. The first-order valence-corrected chi connectivity index (χ1v) is 10.2. The molecule has 10 nitrogen and oxygen atoms in total. The van der Waals surface area contributed by atoms with Gasteiger partial charge in [0, 0.05) is 31.3 Å². The maximum atomic E-state index is 12.7. The molecule has 4 N–H and O–H groups in total. The van der Waals surface area contributed by atoms with Crippen molar-refractivity contribution in [2.75, 3.05) is 31.6 Å². The average Bonchev–Trinajstić information content (AvgIpc) is 3.41. The number of pyridine rings is 1. The molecule has 0 spiro atoms. The Labute approximate surface area is 186 Å². The number of alkyl halides is 2. The van der Waals surface area contributed by atoms with E-state index in [4.69, 9.17) is 4.74 Å². The van der Waals surface area contributed by atoms with Crippen molar-refractivity contribution < 1.29 is 28.2 Å². The Kier molecular flexibility index (Phi) is 6.63. The highest BCUT2D eigenvalue weighted by atomic mass is 19.3. The average molecular weight is 460 g/mol. The Morgan fingerprint density at radius 2 is 2.06 bits per heavy atom. The summed E-state index contributed by atoms with van der Waals surface area (Å²) in [6.07, 6.45) is -1.27. The second kappa shape index (κ2) is 9.77. The van der Waals surface area contributed by atoms with Gasteiger partial charge in [-0.3, -0.25) is 15.2 Å². The second-order valence-electron chi connectivity index (χ2n) is 7.52. The molecule has 1 aromatic carbocycles. The Hall–Kier alpha value is -3.80. The van der Waals surface area contributed by atoms with Crippen LogP contribution in [-0.4, -0.2) is 75.9 Å². The van der Waals surface area contributed by atoms with E-state index in [2.05, 4.69) is 25.8 Å². The molecular weight excluding hydrogens is 438 g/mol. The van der Waals surface area contributed by atoms with Crippen molar-refractivity contribution in [3.05, 3.63) is 48.2 Å². The molecule has 0 unspecified atom stereocenters. The molecule has 0 aliphatic carbocycles. The molecule has 12 heteroatoms. The van der Waals surface area contributed by atoms with E-state index in [9.17, 15) is 23.5 Å². The maximum Gasteiger partial charge on any atom is 0.320 e. The number of aromatic nitrogens is 3. The number of aromatic amines is 1. The van der Waals surface area contributed by atoms with Crippen molar-refractivity contribution in [1.82, 2.24) is 25.4 Å². The summed E-state index contributed by atoms with van der Waals surface area (Å²) in [6, 6.07) is 10.1. The summed E-state index contributed by atoms with van der Waals surface area (Å²) in [5.74, 6) is -0.345. The smallest absolute Gasteiger partial charge is 0.320 e. The zero-order chi connectivity index (χ0) is 23.4. The Bertz CT molecular complexity index is 1130. The molecule has 2 aromatic heterocycles. The Morgan fingerprint density at radius 1 is 1.27 bits per heavy atom. The number of amides is 3. The maximum absolute atomic E-state index is 12.7. The second-order valence-corrected chi connectivity index (χ2v) is 7.52. The molecule has 3 aromatic rings. The molecule has 1 fully saturated rings. The number of carbonyl (C=O) groups is 2. The van der Waals surface area contributed by atoms with Crippen LogP contribution in [0.4, 0.5) is 19.4 Å². The molecule has 0 bridgehead atoms. The van der Waals surface area contributed by atoms with Gasteiger partial charge < -0.3 is 20.1 Å². The summed E-state index contributed by atoms with van der Waals surface area (Å²) < 4.78 is 29.7. The number of fused-ring (bicyclic) bond motifs is 1. The summed E-state index contributed by atoms with van der Waals surface area (Å²) in [6.45, 7) is -0.766. The van der Waals surface area contributed by atoms with Crippen LogP contribution < -0.4 is 15.4 Å². The first-order valence-electron chi connectivity index (χ1n) is 10.2. The van der Waals surface area contributed by atoms with Crippen molar-refractivity contribution in [2.24, 2.45) is 0 Å². The summed E-state index contributed by atoms with van der Waals surface area (Å²) in [4.78, 5) is 30.3. The number of nitrogens with one attached hydrogen (secondary N) is 3. The predicted molar refractivity (Wildman–Crippen MR) is 114 cm³/mol. The lowest BCUT2D eigenvalue weighted by Crippen LogP contribution is -2.43. The van der Waals surface area contributed by atoms with E-state index in [1.807, 2.05) is 30.3 Å². The number of benzene rings is 1. The first kappa shape index (κ1) is 22.4. The molecule has 2 atom stereocenters. The van der Waals surface area contributed by atoms with Gasteiger partial charge in [0.15, 0.2) is 6.61 Å². The molecule has 3 amide bonds. The number of ether oxygens (including phenoxy) is 1. The van der Waals surface area contributed by atoms with Gasteiger partial charge in [0.25, 0.3) is 6.43 Å². The molecular formula is C21H22F2N6O4. The van der Waals surface area contributed by atoms with Crippen molar-refractivity contribution in [3.63, 3.8) is 0 Å². The fraction of sp³-hybridized carbons (Fsp3) is 0.333. The number of urea groups is 1.